The summed E-state index contributed by atoms with van der Waals surface area (Å²) in [6, 6.07) is 14.6. The van der Waals surface area contributed by atoms with Crippen molar-refractivity contribution in [2.24, 2.45) is 0 Å². The molecule has 27 heteroatoms. The molecule has 2 aromatic heterocycles. The summed E-state index contributed by atoms with van der Waals surface area (Å²) in [4.78, 5) is 75.9. The molecule has 5 aromatic rings. The van der Waals surface area contributed by atoms with Gasteiger partial charge in [0.2, 0.25) is 0 Å². The third kappa shape index (κ3) is 9.58. The van der Waals surface area contributed by atoms with E-state index in [0.717, 1.165) is 24.0 Å². The summed E-state index contributed by atoms with van der Waals surface area (Å²) in [5.41, 5.74) is 3.05. The molecule has 346 valence electrons. The molecule has 65 heavy (non-hydrogen) atoms. The summed E-state index contributed by atoms with van der Waals surface area (Å²) >= 11 is 0. The number of fused-ring (bicyclic) bond motifs is 7. The van der Waals surface area contributed by atoms with Crippen LogP contribution in [0.5, 0.6) is 11.5 Å². The fourth-order valence-electron chi connectivity index (χ4n) is 8.15. The lowest BCUT2D eigenvalue weighted by molar-refractivity contribution is -0.0503. The van der Waals surface area contributed by atoms with Gasteiger partial charge in [-0.3, -0.25) is 13.9 Å². The van der Waals surface area contributed by atoms with Gasteiger partial charge in [0.15, 0.2) is 28.8 Å². The van der Waals surface area contributed by atoms with Crippen LogP contribution in [0.25, 0.3) is 11.2 Å². The summed E-state index contributed by atoms with van der Waals surface area (Å²) in [7, 11) is -16.9. The largest absolute Gasteiger partial charge is 0.508 e. The molecule has 3 aromatic carbocycles. The van der Waals surface area contributed by atoms with Crippen LogP contribution in [0.3, 0.4) is 0 Å². The Kier molecular flexibility index (Phi) is 12.8. The van der Waals surface area contributed by atoms with Crippen LogP contribution in [0.1, 0.15) is 80.4 Å². The summed E-state index contributed by atoms with van der Waals surface area (Å²) in [6.45, 7) is -0.154. The number of aromatic nitrogens is 4. The number of phosphoric acid groups is 3. The fourth-order valence-corrected chi connectivity index (χ4v) is 11.2. The number of nitrogens with zero attached hydrogens (tertiary/aromatic N) is 4. The van der Waals surface area contributed by atoms with Crippen molar-refractivity contribution in [1.29, 1.82) is 0 Å². The molecular formula is C38H41N6O18P3. The number of aromatic hydroxyl groups is 2. The van der Waals surface area contributed by atoms with E-state index in [1.165, 1.54) is 35.4 Å². The second kappa shape index (κ2) is 17.9. The zero-order chi connectivity index (χ0) is 46.5. The van der Waals surface area contributed by atoms with Gasteiger partial charge in [-0.2, -0.15) is 8.62 Å². The number of hydrogen-bond acceptors (Lipinski definition) is 18. The molecule has 1 saturated heterocycles. The quantitative estimate of drug-likeness (QED) is 0.0364. The number of unbranched alkanes of at least 4 members (excludes halogenated alkanes) is 3. The Balaban J connectivity index is 0.809. The van der Waals surface area contributed by atoms with E-state index in [4.69, 9.17) is 19.3 Å². The molecule has 1 fully saturated rings. The molecule has 1 aliphatic carbocycles. The van der Waals surface area contributed by atoms with Gasteiger partial charge in [0.05, 0.1) is 18.5 Å². The lowest BCUT2D eigenvalue weighted by Gasteiger charge is -2.37. The smallest absolute Gasteiger partial charge is 0.490 e. The highest BCUT2D eigenvalue weighted by molar-refractivity contribution is 7.66. The highest BCUT2D eigenvalue weighted by atomic mass is 31.3. The van der Waals surface area contributed by atoms with E-state index in [9.17, 15) is 53.5 Å². The van der Waals surface area contributed by atoms with Gasteiger partial charge >= 0.3 is 29.4 Å². The molecule has 0 radical (unpaired) electrons. The van der Waals surface area contributed by atoms with Crippen LogP contribution in [0, 0.1) is 0 Å². The second-order valence-corrected chi connectivity index (χ2v) is 19.7. The number of carbonyl (C=O) groups excluding carboxylic acids is 2. The van der Waals surface area contributed by atoms with E-state index < -0.39 is 66.2 Å². The van der Waals surface area contributed by atoms with Gasteiger partial charge < -0.3 is 60.1 Å². The first-order chi connectivity index (χ1) is 30.7. The van der Waals surface area contributed by atoms with Gasteiger partial charge in [0.1, 0.15) is 36.1 Å². The van der Waals surface area contributed by atoms with Crippen LogP contribution >= 0.6 is 23.5 Å². The predicted molar refractivity (Wildman–Crippen MR) is 221 cm³/mol. The Morgan fingerprint density at radius 3 is 2.15 bits per heavy atom. The van der Waals surface area contributed by atoms with Gasteiger partial charge in [0, 0.05) is 35.3 Å². The standard InChI is InChI=1S/C38H41N6O18P3/c45-23-6-9-26-21(14-23)13-22-15-24(46)7-10-27(22)38(26)28-8-5-20(16-25(28)37(50)60-38)35(49)40-12-4-2-1-3-11-39-33-30-34(42-18-41-33)44(19-43-30)36-32(48)31(47)29(59-36)17-58-64(54,55)62-65(56,57)61-63(51,52)53/h5-10,14-16,18-19,29,31-32,36,45-48H,1-4,11-13,17H2,(H,40,49)(H,54,55)(H,56,57)(H,39,41,42)(H2,51,52,53)/t29-,31-,32-,36-/m1/s1. The molecule has 6 atom stereocenters. The molecule has 24 nitrogen and oxygen atoms in total. The van der Waals surface area contributed by atoms with Crippen molar-refractivity contribution in [1.82, 2.24) is 24.8 Å². The maximum absolute atomic E-state index is 13.5. The minimum atomic E-state index is -5.78. The third-order valence-electron chi connectivity index (χ3n) is 10.9. The lowest BCUT2D eigenvalue weighted by Crippen LogP contribution is -2.35. The monoisotopic (exact) mass is 962 g/mol. The Bertz CT molecular complexity index is 2770. The molecule has 1 amide bonds. The van der Waals surface area contributed by atoms with Crippen molar-refractivity contribution in [2.45, 2.75) is 62.2 Å². The van der Waals surface area contributed by atoms with Gasteiger partial charge in [-0.25, -0.2) is 33.4 Å². The number of phenolic OH excluding ortho intramolecular Hbond substituents is 2. The maximum atomic E-state index is 13.5. The highest BCUT2D eigenvalue weighted by Crippen LogP contribution is 2.66. The Labute approximate surface area is 367 Å². The molecule has 3 aliphatic rings. The van der Waals surface area contributed by atoms with Crippen LogP contribution in [0.2, 0.25) is 0 Å². The highest BCUT2D eigenvalue weighted by Gasteiger charge is 2.53. The normalized spacial score (nSPS) is 21.5. The van der Waals surface area contributed by atoms with Crippen LogP contribution in [-0.2, 0) is 48.3 Å². The summed E-state index contributed by atoms with van der Waals surface area (Å²) in [5, 5.41) is 47.8. The van der Waals surface area contributed by atoms with Crippen LogP contribution in [0.15, 0.2) is 67.3 Å². The Hall–Kier alpha value is -5.16. The van der Waals surface area contributed by atoms with E-state index in [-0.39, 0.29) is 39.7 Å². The lowest BCUT2D eigenvalue weighted by atomic mass is 9.71. The number of carbonyl (C=O) groups is 2. The number of aliphatic hydroxyl groups excluding tert-OH is 2. The molecule has 8 rings (SSSR count). The van der Waals surface area contributed by atoms with Gasteiger partial charge in [-0.15, -0.1) is 0 Å². The minimum Gasteiger partial charge on any atom is -0.508 e. The van der Waals surface area contributed by atoms with Crippen LogP contribution in [0.4, 0.5) is 5.82 Å². The van der Waals surface area contributed by atoms with Crippen LogP contribution in [-0.4, -0.2) is 109 Å². The number of nitrogens with one attached hydrogen (secondary N) is 2. The zero-order valence-corrected chi connectivity index (χ0v) is 36.3. The van der Waals surface area contributed by atoms with E-state index >= 15 is 0 Å². The van der Waals surface area contributed by atoms with Gasteiger partial charge in [-0.05, 0) is 66.8 Å². The Morgan fingerprint density at radius 2 is 1.48 bits per heavy atom. The van der Waals surface area contributed by atoms with E-state index in [1.807, 2.05) is 0 Å². The second-order valence-electron chi connectivity index (χ2n) is 15.3. The molecule has 0 saturated carbocycles. The molecule has 2 unspecified atom stereocenters. The number of ether oxygens (including phenoxy) is 2. The van der Waals surface area contributed by atoms with E-state index in [1.54, 1.807) is 36.4 Å². The van der Waals surface area contributed by atoms with Crippen molar-refractivity contribution in [3.05, 3.63) is 106 Å². The maximum Gasteiger partial charge on any atom is 0.490 e. The first-order valence-corrected chi connectivity index (χ1v) is 24.3. The van der Waals surface area contributed by atoms with Gasteiger partial charge in [-0.1, -0.05) is 31.0 Å². The van der Waals surface area contributed by atoms with Crippen molar-refractivity contribution >= 4 is 52.3 Å². The number of rotatable bonds is 17. The first-order valence-electron chi connectivity index (χ1n) is 19.8. The summed E-state index contributed by atoms with van der Waals surface area (Å²) in [5.74, 6) is -0.513. The summed E-state index contributed by atoms with van der Waals surface area (Å²) in [6.07, 6.45) is -0.476. The van der Waals surface area contributed by atoms with Crippen molar-refractivity contribution < 1.29 is 85.9 Å². The molecule has 1 spiro atoms. The third-order valence-corrected chi connectivity index (χ3v) is 14.7. The number of hydrogen-bond donors (Lipinski definition) is 10. The van der Waals surface area contributed by atoms with E-state index in [0.29, 0.717) is 54.9 Å². The fraction of sp³-hybridized carbons (Fsp3) is 0.342. The minimum absolute atomic E-state index is 0.0543. The number of benzene rings is 3. The molecular weight excluding hydrogens is 921 g/mol. The van der Waals surface area contributed by atoms with Gasteiger partial charge in [0.25, 0.3) is 5.91 Å². The average molecular weight is 963 g/mol. The number of phenols is 2. The number of anilines is 1. The van der Waals surface area contributed by atoms with E-state index in [2.05, 4.69) is 38.7 Å². The van der Waals surface area contributed by atoms with Crippen LogP contribution < -0.4 is 10.6 Å². The number of phosphoric ester groups is 1. The van der Waals surface area contributed by atoms with Crippen molar-refractivity contribution in [2.75, 3.05) is 25.0 Å². The summed E-state index contributed by atoms with van der Waals surface area (Å²) < 4.78 is 59.5. The molecule has 2 aliphatic heterocycles. The first kappa shape index (κ1) is 46.4. The number of aliphatic hydroxyl groups is 2. The molecule has 0 bridgehead atoms. The average Bonchev–Trinajstić information content (AvgIpc) is 3.87. The predicted octanol–water partition coefficient (Wildman–Crippen LogP) is 2.97. The molecule has 4 heterocycles. The topological polar surface area (TPSA) is 361 Å². The number of esters is 1. The SMILES string of the molecule is O=C(NCCCCCCNc1ncnc2c1ncn2[C@@H]1O[C@H](COP(=O)(O)OP(=O)(O)OP(=O)(O)O)[C@@H](O)[C@H]1O)c1ccc2c(c1)C(=O)OC21c2ccc(O)cc2Cc2cc(O)ccc21. The molecule has 10 N–H and O–H groups in total. The zero-order valence-electron chi connectivity index (χ0n) is 33.6. The van der Waals surface area contributed by atoms with Crippen molar-refractivity contribution in [3.8, 4) is 11.5 Å². The number of amides is 1. The van der Waals surface area contributed by atoms with Crippen molar-refractivity contribution in [3.63, 3.8) is 0 Å². The number of imidazole rings is 1. The Morgan fingerprint density at radius 1 is 0.815 bits per heavy atom.